The van der Waals surface area contributed by atoms with Crippen molar-refractivity contribution >= 4 is 27.6 Å². The van der Waals surface area contributed by atoms with E-state index in [-0.39, 0.29) is 12.0 Å². The zero-order valence-electron chi connectivity index (χ0n) is 8.77. The van der Waals surface area contributed by atoms with E-state index in [1.807, 2.05) is 0 Å². The van der Waals surface area contributed by atoms with Gasteiger partial charge in [0, 0.05) is 17.7 Å². The average molecular weight is 286 g/mol. The Bertz CT molecular complexity index is 526. The normalized spacial score (nSPS) is 20.4. The number of hydrogen-bond donors (Lipinski definition) is 1. The maximum atomic E-state index is 13.6. The van der Waals surface area contributed by atoms with Crippen molar-refractivity contribution in [3.8, 4) is 0 Å². The Morgan fingerprint density at radius 1 is 1.50 bits per heavy atom. The van der Waals surface area contributed by atoms with Gasteiger partial charge in [-0.2, -0.15) is 0 Å². The first-order chi connectivity index (χ1) is 7.43. The molecule has 0 amide bonds. The molecule has 1 N–H and O–H groups in total. The maximum absolute atomic E-state index is 13.6. The van der Waals surface area contributed by atoms with Crippen LogP contribution in [-0.4, -0.2) is 16.8 Å². The van der Waals surface area contributed by atoms with E-state index in [4.69, 9.17) is 5.11 Å². The maximum Gasteiger partial charge on any atom is 0.334 e. The van der Waals surface area contributed by atoms with Crippen LogP contribution < -0.4 is 0 Å². The largest absolute Gasteiger partial charge is 0.478 e. The molecule has 0 atom stereocenters. The molecule has 2 rings (SSSR count). The number of nitrogens with zero attached hydrogens (tertiary/aromatic N) is 1. The second-order valence-corrected chi connectivity index (χ2v) is 4.52. The lowest BCUT2D eigenvalue weighted by molar-refractivity contribution is -0.132. The minimum absolute atomic E-state index is 0.0203. The van der Waals surface area contributed by atoms with Gasteiger partial charge in [-0.3, -0.25) is 4.99 Å². The zero-order valence-corrected chi connectivity index (χ0v) is 10.4. The molecular formula is C11H9BrFNO2. The van der Waals surface area contributed by atoms with Crippen molar-refractivity contribution in [2.24, 2.45) is 4.99 Å². The minimum atomic E-state index is -1.12. The third kappa shape index (κ3) is 1.46. The van der Waals surface area contributed by atoms with E-state index in [1.165, 1.54) is 0 Å². The SMILES string of the molecule is CC1=NC2=C(C(=O)O)CC(F)=C(Br)C2=C1C. The van der Waals surface area contributed by atoms with Crippen molar-refractivity contribution in [1.82, 2.24) is 0 Å². The topological polar surface area (TPSA) is 49.7 Å². The number of carbonyl (C=O) groups is 1. The first-order valence-corrected chi connectivity index (χ1v) is 5.50. The number of halogens is 2. The van der Waals surface area contributed by atoms with Gasteiger partial charge in [-0.15, -0.1) is 0 Å². The van der Waals surface area contributed by atoms with Gasteiger partial charge >= 0.3 is 5.97 Å². The van der Waals surface area contributed by atoms with E-state index in [1.54, 1.807) is 13.8 Å². The molecule has 1 heterocycles. The van der Waals surface area contributed by atoms with Gasteiger partial charge < -0.3 is 5.11 Å². The van der Waals surface area contributed by atoms with Crippen LogP contribution in [0.4, 0.5) is 4.39 Å². The third-order valence-electron chi connectivity index (χ3n) is 2.77. The monoisotopic (exact) mass is 285 g/mol. The van der Waals surface area contributed by atoms with E-state index < -0.39 is 11.8 Å². The summed E-state index contributed by atoms with van der Waals surface area (Å²) in [6, 6.07) is 0. The molecule has 84 valence electrons. The van der Waals surface area contributed by atoms with E-state index in [0.29, 0.717) is 15.8 Å². The van der Waals surface area contributed by atoms with Gasteiger partial charge in [0.05, 0.1) is 15.8 Å². The molecule has 0 aromatic rings. The quantitative estimate of drug-likeness (QED) is 0.805. The van der Waals surface area contributed by atoms with Crippen LogP contribution >= 0.6 is 15.9 Å². The summed E-state index contributed by atoms with van der Waals surface area (Å²) >= 11 is 3.15. The molecule has 0 fully saturated rings. The number of aliphatic carboxylic acids is 1. The fourth-order valence-electron chi connectivity index (χ4n) is 1.78. The number of fused-ring (bicyclic) bond motifs is 1. The molecule has 5 heteroatoms. The van der Waals surface area contributed by atoms with Gasteiger partial charge in [0.15, 0.2) is 0 Å². The summed E-state index contributed by atoms with van der Waals surface area (Å²) in [4.78, 5) is 15.2. The van der Waals surface area contributed by atoms with Crippen molar-refractivity contribution in [3.63, 3.8) is 0 Å². The van der Waals surface area contributed by atoms with E-state index in [0.717, 1.165) is 11.3 Å². The van der Waals surface area contributed by atoms with Crippen molar-refractivity contribution in [2.75, 3.05) is 0 Å². The molecule has 0 spiro atoms. The summed E-state index contributed by atoms with van der Waals surface area (Å²) in [6.45, 7) is 3.59. The van der Waals surface area contributed by atoms with Gasteiger partial charge in [-0.25, -0.2) is 9.18 Å². The van der Waals surface area contributed by atoms with Crippen molar-refractivity contribution in [1.29, 1.82) is 0 Å². The molecule has 0 radical (unpaired) electrons. The van der Waals surface area contributed by atoms with Gasteiger partial charge in [-0.05, 0) is 35.4 Å². The second-order valence-electron chi connectivity index (χ2n) is 3.73. The first kappa shape index (κ1) is 11.3. The standard InChI is InChI=1S/C11H9BrFNO2/c1-4-5(2)14-10-6(11(15)16)3-7(13)9(12)8(4)10/h3H2,1-2H3,(H,15,16). The Labute approximate surface area is 100 Å². The molecule has 0 aromatic carbocycles. The van der Waals surface area contributed by atoms with Gasteiger partial charge in [-0.1, -0.05) is 0 Å². The van der Waals surface area contributed by atoms with Gasteiger partial charge in [0.1, 0.15) is 5.83 Å². The molecule has 0 saturated heterocycles. The molecular weight excluding hydrogens is 277 g/mol. The molecule has 16 heavy (non-hydrogen) atoms. The smallest absolute Gasteiger partial charge is 0.334 e. The third-order valence-corrected chi connectivity index (χ3v) is 3.59. The predicted octanol–water partition coefficient (Wildman–Crippen LogP) is 3.10. The Kier molecular flexibility index (Phi) is 2.58. The fraction of sp³-hybridized carbons (Fsp3) is 0.273. The average Bonchev–Trinajstić information content (AvgIpc) is 2.49. The van der Waals surface area contributed by atoms with Crippen LogP contribution in [0.5, 0.6) is 0 Å². The number of hydrogen-bond acceptors (Lipinski definition) is 2. The van der Waals surface area contributed by atoms with Crippen molar-refractivity contribution < 1.29 is 14.3 Å². The van der Waals surface area contributed by atoms with Crippen LogP contribution in [-0.2, 0) is 4.79 Å². The summed E-state index contributed by atoms with van der Waals surface area (Å²) in [5.74, 6) is -1.57. The highest BCUT2D eigenvalue weighted by Gasteiger charge is 2.32. The van der Waals surface area contributed by atoms with Crippen LogP contribution in [0, 0.1) is 0 Å². The van der Waals surface area contributed by atoms with E-state index in [2.05, 4.69) is 20.9 Å². The Morgan fingerprint density at radius 3 is 2.69 bits per heavy atom. The summed E-state index contributed by atoms with van der Waals surface area (Å²) in [6.07, 6.45) is -0.210. The Hall–Kier alpha value is -1.23. The highest BCUT2D eigenvalue weighted by molar-refractivity contribution is 9.12. The van der Waals surface area contributed by atoms with Gasteiger partial charge in [0.25, 0.3) is 0 Å². The molecule has 1 aliphatic carbocycles. The number of rotatable bonds is 1. The van der Waals surface area contributed by atoms with E-state index in [9.17, 15) is 9.18 Å². The van der Waals surface area contributed by atoms with Crippen LogP contribution in [0.1, 0.15) is 20.3 Å². The number of carboxylic acid groups (broad SMARTS) is 1. The lowest BCUT2D eigenvalue weighted by atomic mass is 9.95. The highest BCUT2D eigenvalue weighted by Crippen LogP contribution is 2.43. The zero-order chi connectivity index (χ0) is 12.0. The fourth-order valence-corrected chi connectivity index (χ4v) is 2.41. The molecule has 0 saturated carbocycles. The van der Waals surface area contributed by atoms with Crippen LogP contribution in [0.2, 0.25) is 0 Å². The van der Waals surface area contributed by atoms with Crippen molar-refractivity contribution in [3.05, 3.63) is 32.7 Å². The summed E-state index contributed by atoms with van der Waals surface area (Å²) in [5, 5.41) is 9.01. The number of aliphatic imine (C=N–C) groups is 1. The van der Waals surface area contributed by atoms with Crippen LogP contribution in [0.3, 0.4) is 0 Å². The summed E-state index contributed by atoms with van der Waals surface area (Å²) in [7, 11) is 0. The Morgan fingerprint density at radius 2 is 2.12 bits per heavy atom. The Balaban J connectivity index is 2.70. The summed E-state index contributed by atoms with van der Waals surface area (Å²) < 4.78 is 13.9. The summed E-state index contributed by atoms with van der Waals surface area (Å²) in [5.41, 5.74) is 2.52. The molecule has 0 aromatic heterocycles. The molecule has 3 nitrogen and oxygen atoms in total. The minimum Gasteiger partial charge on any atom is -0.478 e. The lowest BCUT2D eigenvalue weighted by Gasteiger charge is -2.15. The number of allylic oxidation sites excluding steroid dienone is 3. The predicted molar refractivity (Wildman–Crippen MR) is 62.1 cm³/mol. The molecule has 1 aliphatic heterocycles. The second kappa shape index (κ2) is 3.66. The van der Waals surface area contributed by atoms with Crippen molar-refractivity contribution in [2.45, 2.75) is 20.3 Å². The molecule has 0 unspecified atom stereocenters. The first-order valence-electron chi connectivity index (χ1n) is 4.71. The van der Waals surface area contributed by atoms with E-state index >= 15 is 0 Å². The molecule has 2 aliphatic rings. The number of carboxylic acids is 1. The van der Waals surface area contributed by atoms with Crippen LogP contribution in [0.25, 0.3) is 0 Å². The van der Waals surface area contributed by atoms with Crippen LogP contribution in [0.15, 0.2) is 37.7 Å². The van der Waals surface area contributed by atoms with Gasteiger partial charge in [0.2, 0.25) is 0 Å². The highest BCUT2D eigenvalue weighted by atomic mass is 79.9. The molecule has 0 bridgehead atoms. The lowest BCUT2D eigenvalue weighted by Crippen LogP contribution is -2.10.